The Morgan fingerprint density at radius 1 is 1.00 bits per heavy atom. The van der Waals surface area contributed by atoms with E-state index in [-0.39, 0.29) is 24.4 Å². The highest BCUT2D eigenvalue weighted by atomic mass is 35.5. The van der Waals surface area contributed by atoms with Crippen molar-refractivity contribution in [1.82, 2.24) is 35.7 Å². The molecule has 2 saturated heterocycles. The van der Waals surface area contributed by atoms with Crippen molar-refractivity contribution in [2.45, 2.75) is 50.0 Å². The van der Waals surface area contributed by atoms with E-state index < -0.39 is 18.2 Å². The van der Waals surface area contributed by atoms with E-state index in [0.717, 1.165) is 24.2 Å². The van der Waals surface area contributed by atoms with Crippen LogP contribution in [0.5, 0.6) is 0 Å². The van der Waals surface area contributed by atoms with Crippen LogP contribution in [0.25, 0.3) is 16.8 Å². The lowest BCUT2D eigenvalue weighted by Gasteiger charge is -2.43. The number of hydrogen-bond donors (Lipinski definition) is 3. The van der Waals surface area contributed by atoms with Crippen LogP contribution in [0.1, 0.15) is 36.3 Å². The summed E-state index contributed by atoms with van der Waals surface area (Å²) in [5.74, 6) is -2.64. The molecule has 1 aromatic heterocycles. The zero-order valence-electron chi connectivity index (χ0n) is 24.9. The Kier molecular flexibility index (Phi) is 10.5. The summed E-state index contributed by atoms with van der Waals surface area (Å²) in [5, 5.41) is 25.4. The van der Waals surface area contributed by atoms with Crippen molar-refractivity contribution in [3.8, 4) is 16.8 Å². The third-order valence-corrected chi connectivity index (χ3v) is 8.36. The maximum atomic E-state index is 13.5. The lowest BCUT2D eigenvalue weighted by atomic mass is 9.84. The van der Waals surface area contributed by atoms with Crippen LogP contribution in [0.15, 0.2) is 79.1 Å². The Morgan fingerprint density at radius 2 is 1.70 bits per heavy atom. The van der Waals surface area contributed by atoms with Gasteiger partial charge in [-0.2, -0.15) is 13.2 Å². The Balaban J connectivity index is 0.000000559. The first-order valence-corrected chi connectivity index (χ1v) is 15.2. The molecule has 0 spiro atoms. The molecule has 2 fully saturated rings. The second-order valence-electron chi connectivity index (χ2n) is 11.1. The van der Waals surface area contributed by atoms with Crippen LogP contribution in [0, 0.1) is 0 Å². The predicted molar refractivity (Wildman–Crippen MR) is 165 cm³/mol. The van der Waals surface area contributed by atoms with Crippen LogP contribution in [0.3, 0.4) is 0 Å². The number of alkyl halides is 3. The van der Waals surface area contributed by atoms with Gasteiger partial charge in [-0.15, -0.1) is 5.10 Å². The maximum absolute atomic E-state index is 13.5. The second-order valence-corrected chi connectivity index (χ2v) is 11.5. The van der Waals surface area contributed by atoms with E-state index in [9.17, 15) is 22.8 Å². The largest absolute Gasteiger partial charge is 0.490 e. The summed E-state index contributed by atoms with van der Waals surface area (Å²) >= 11 is 6.20. The molecule has 2 aliphatic heterocycles. The number of nitrogens with zero attached hydrogens (tertiary/aromatic N) is 5. The molecule has 0 unspecified atom stereocenters. The van der Waals surface area contributed by atoms with Gasteiger partial charge in [0.2, 0.25) is 11.8 Å². The maximum Gasteiger partial charge on any atom is 0.490 e. The van der Waals surface area contributed by atoms with Crippen molar-refractivity contribution < 1.29 is 32.7 Å². The van der Waals surface area contributed by atoms with E-state index >= 15 is 0 Å². The number of piperidine rings is 1. The topological polar surface area (TPSA) is 142 Å². The van der Waals surface area contributed by atoms with Crippen LogP contribution in [0.2, 0.25) is 5.02 Å². The van der Waals surface area contributed by atoms with Gasteiger partial charge in [0.25, 0.3) is 0 Å². The second kappa shape index (κ2) is 14.7. The van der Waals surface area contributed by atoms with Crippen molar-refractivity contribution in [2.24, 2.45) is 0 Å². The summed E-state index contributed by atoms with van der Waals surface area (Å²) in [7, 11) is 0. The highest BCUT2D eigenvalue weighted by molar-refractivity contribution is 6.30. The molecule has 6 rings (SSSR count). The van der Waals surface area contributed by atoms with Crippen molar-refractivity contribution >= 4 is 29.4 Å². The van der Waals surface area contributed by atoms with Gasteiger partial charge >= 0.3 is 12.1 Å². The first kappa shape index (κ1) is 33.5. The van der Waals surface area contributed by atoms with Crippen molar-refractivity contribution in [3.63, 3.8) is 0 Å². The van der Waals surface area contributed by atoms with Gasteiger partial charge < -0.3 is 20.6 Å². The number of hydrogen-bond acceptors (Lipinski definition) is 7. The first-order chi connectivity index (χ1) is 22.5. The molecule has 3 N–H and O–H groups in total. The summed E-state index contributed by atoms with van der Waals surface area (Å²) < 4.78 is 33.3. The molecule has 11 nitrogen and oxygen atoms in total. The van der Waals surface area contributed by atoms with E-state index in [4.69, 9.17) is 21.5 Å². The third kappa shape index (κ3) is 8.32. The zero-order chi connectivity index (χ0) is 33.6. The van der Waals surface area contributed by atoms with Gasteiger partial charge in [0.05, 0.1) is 11.7 Å². The van der Waals surface area contributed by atoms with Crippen LogP contribution >= 0.6 is 11.6 Å². The molecule has 246 valence electrons. The molecule has 0 radical (unpaired) electrons. The zero-order valence-corrected chi connectivity index (χ0v) is 25.7. The predicted octanol–water partition coefficient (Wildman–Crippen LogP) is 4.37. The monoisotopic (exact) mass is 669 g/mol. The number of nitrogens with one attached hydrogen (secondary N) is 2. The smallest absolute Gasteiger partial charge is 0.475 e. The number of carbonyl (C=O) groups is 3. The molecule has 3 aromatic carbocycles. The number of halogens is 4. The van der Waals surface area contributed by atoms with Gasteiger partial charge in [-0.05, 0) is 82.6 Å². The number of rotatable bonds is 7. The van der Waals surface area contributed by atoms with Crippen LogP contribution in [-0.4, -0.2) is 79.3 Å². The van der Waals surface area contributed by atoms with E-state index in [1.54, 1.807) is 23.1 Å². The van der Waals surface area contributed by atoms with Crippen molar-refractivity contribution in [2.75, 3.05) is 13.1 Å². The van der Waals surface area contributed by atoms with E-state index in [0.29, 0.717) is 30.3 Å². The van der Waals surface area contributed by atoms with Gasteiger partial charge in [-0.1, -0.05) is 66.2 Å². The fourth-order valence-electron chi connectivity index (χ4n) is 5.60. The fourth-order valence-corrected chi connectivity index (χ4v) is 5.80. The molecule has 0 bridgehead atoms. The first-order valence-electron chi connectivity index (χ1n) is 14.8. The van der Waals surface area contributed by atoms with Crippen molar-refractivity contribution in [3.05, 3.63) is 95.3 Å². The summed E-state index contributed by atoms with van der Waals surface area (Å²) in [6, 6.07) is 23.5. The Hall–Kier alpha value is -4.82. The number of carboxylic acid groups (broad SMARTS) is 1. The van der Waals surface area contributed by atoms with Gasteiger partial charge in [0.1, 0.15) is 12.4 Å². The quantitative estimate of drug-likeness (QED) is 0.264. The van der Waals surface area contributed by atoms with Gasteiger partial charge in [-0.3, -0.25) is 9.59 Å². The van der Waals surface area contributed by atoms with Gasteiger partial charge in [0.15, 0.2) is 0 Å². The van der Waals surface area contributed by atoms with Crippen LogP contribution in [0.4, 0.5) is 13.2 Å². The molecule has 0 saturated carbocycles. The molecule has 4 aromatic rings. The summed E-state index contributed by atoms with van der Waals surface area (Å²) in [6.45, 7) is 1.59. The molecular weight excluding hydrogens is 639 g/mol. The van der Waals surface area contributed by atoms with E-state index in [1.807, 2.05) is 18.2 Å². The fraction of sp³-hybridized carbons (Fsp3) is 0.312. The molecule has 47 heavy (non-hydrogen) atoms. The lowest BCUT2D eigenvalue weighted by Crippen LogP contribution is -2.62. The van der Waals surface area contributed by atoms with Crippen LogP contribution in [-0.2, 0) is 20.9 Å². The Morgan fingerprint density at radius 3 is 2.32 bits per heavy atom. The number of amides is 2. The number of benzene rings is 3. The SMILES string of the molecule is O=C(NCc1cc(Cl)ccc1-n1cnnn1)[C@@H]1CCN1C(=O)[C@H]1C[C@@H](c2ccc(-c3ccccc3)cc2)CCN1.O=C(O)C(F)(F)F. The molecular formula is C32H31ClF3N7O4. The number of aromatic nitrogens is 4. The molecule has 2 aliphatic rings. The minimum atomic E-state index is -5.08. The minimum absolute atomic E-state index is 0.00543. The van der Waals surface area contributed by atoms with Gasteiger partial charge in [0, 0.05) is 18.1 Å². The number of carboxylic acids is 1. The molecule has 0 aliphatic carbocycles. The summed E-state index contributed by atoms with van der Waals surface area (Å²) in [5.41, 5.74) is 5.13. The standard InChI is InChI=1S/C30H30ClN7O2.C2HF3O2/c31-25-10-11-27(38-19-34-35-36-38)24(16-25)18-33-29(39)28-13-15-37(28)30(40)26-17-23(12-14-32-26)22-8-6-21(7-9-22)20-4-2-1-3-5-20;3-2(4,5)1(6)7/h1-11,16,19,23,26,28,32H,12-15,17-18H2,(H,33,39);(H,6,7)/t23-,26+,28-;/m0./s1. The number of aliphatic carboxylic acids is 1. The summed E-state index contributed by atoms with van der Waals surface area (Å²) in [4.78, 5) is 37.2. The van der Waals surface area contributed by atoms with Gasteiger partial charge in [-0.25, -0.2) is 9.48 Å². The molecule has 2 amide bonds. The minimum Gasteiger partial charge on any atom is -0.475 e. The highest BCUT2D eigenvalue weighted by Crippen LogP contribution is 2.31. The average Bonchev–Trinajstić information content (AvgIpc) is 3.59. The van der Waals surface area contributed by atoms with E-state index in [1.165, 1.54) is 27.7 Å². The van der Waals surface area contributed by atoms with Crippen molar-refractivity contribution in [1.29, 1.82) is 0 Å². The molecule has 3 heterocycles. The van der Waals surface area contributed by atoms with Crippen LogP contribution < -0.4 is 10.6 Å². The summed E-state index contributed by atoms with van der Waals surface area (Å²) in [6.07, 6.45) is -1.26. The average molecular weight is 670 g/mol. The number of likely N-dealkylation sites (tertiary alicyclic amines) is 1. The number of carbonyl (C=O) groups excluding carboxylic acids is 2. The molecule has 15 heteroatoms. The molecule has 3 atom stereocenters. The number of tetrazole rings is 1. The Labute approximate surface area is 272 Å². The third-order valence-electron chi connectivity index (χ3n) is 8.13. The Bertz CT molecular complexity index is 1690. The lowest BCUT2D eigenvalue weighted by molar-refractivity contribution is -0.192. The van der Waals surface area contributed by atoms with E-state index in [2.05, 4.69) is 62.6 Å². The normalized spacial score (nSPS) is 19.1. The highest BCUT2D eigenvalue weighted by Gasteiger charge is 2.41.